The molecule has 0 aliphatic carbocycles. The molecule has 21 heavy (non-hydrogen) atoms. The lowest BCUT2D eigenvalue weighted by Gasteiger charge is -2.22. The second kappa shape index (κ2) is 6.55. The van der Waals surface area contributed by atoms with E-state index in [1.54, 1.807) is 12.1 Å². The zero-order chi connectivity index (χ0) is 15.5. The minimum atomic E-state index is -3.80. The Hall–Kier alpha value is -1.44. The molecule has 6 nitrogen and oxygen atoms in total. The minimum absolute atomic E-state index is 0.0689. The number of anilines is 1. The van der Waals surface area contributed by atoms with E-state index in [0.717, 1.165) is 25.8 Å². The summed E-state index contributed by atoms with van der Waals surface area (Å²) in [6.45, 7) is 2.68. The number of benzene rings is 1. The number of hydrogen-bond donors (Lipinski definition) is 3. The Morgan fingerprint density at radius 3 is 2.76 bits per heavy atom. The zero-order valence-electron chi connectivity index (χ0n) is 12.1. The molecule has 1 atom stereocenters. The lowest BCUT2D eigenvalue weighted by molar-refractivity contribution is -0.118. The van der Waals surface area contributed by atoms with Crippen LogP contribution >= 0.6 is 0 Å². The first-order valence-electron chi connectivity index (χ1n) is 7.12. The first-order chi connectivity index (χ1) is 9.91. The minimum Gasteiger partial charge on any atom is -0.325 e. The fourth-order valence-corrected chi connectivity index (χ4v) is 3.36. The summed E-state index contributed by atoms with van der Waals surface area (Å²) >= 11 is 0. The maximum absolute atomic E-state index is 12.1. The first-order valence-corrected chi connectivity index (χ1v) is 8.66. The number of hydrogen-bond acceptors (Lipinski definition) is 4. The van der Waals surface area contributed by atoms with Gasteiger partial charge in [-0.3, -0.25) is 4.79 Å². The smallest absolute Gasteiger partial charge is 0.241 e. The van der Waals surface area contributed by atoms with Crippen LogP contribution in [0.15, 0.2) is 23.1 Å². The van der Waals surface area contributed by atoms with Crippen LogP contribution in [0, 0.1) is 0 Å². The average molecular weight is 311 g/mol. The Morgan fingerprint density at radius 1 is 1.43 bits per heavy atom. The topological polar surface area (TPSA) is 101 Å². The highest BCUT2D eigenvalue weighted by atomic mass is 32.2. The van der Waals surface area contributed by atoms with Gasteiger partial charge in [0.2, 0.25) is 15.9 Å². The molecule has 0 saturated carbocycles. The standard InChI is InChI=1S/C14H21N3O3S/c1-2-10-6-7-11(9-13(10)21(15,19)20)17-14(18)12-5-3-4-8-16-12/h6-7,9,12,16H,2-5,8H2,1H3,(H,17,18)(H2,15,19,20). The van der Waals surface area contributed by atoms with Crippen LogP contribution in [0.4, 0.5) is 5.69 Å². The van der Waals surface area contributed by atoms with E-state index < -0.39 is 10.0 Å². The quantitative estimate of drug-likeness (QED) is 0.771. The number of aryl methyl sites for hydroxylation is 1. The van der Waals surface area contributed by atoms with Gasteiger partial charge in [-0.25, -0.2) is 13.6 Å². The summed E-state index contributed by atoms with van der Waals surface area (Å²) in [5.41, 5.74) is 1.10. The highest BCUT2D eigenvalue weighted by Gasteiger charge is 2.21. The number of rotatable bonds is 4. The highest BCUT2D eigenvalue weighted by molar-refractivity contribution is 7.89. The van der Waals surface area contributed by atoms with Gasteiger partial charge >= 0.3 is 0 Å². The van der Waals surface area contributed by atoms with E-state index in [4.69, 9.17) is 5.14 Å². The monoisotopic (exact) mass is 311 g/mol. The Balaban J connectivity index is 2.19. The molecule has 1 aliphatic rings. The van der Waals surface area contributed by atoms with Gasteiger partial charge in [0.25, 0.3) is 0 Å². The number of nitrogens with two attached hydrogens (primary N) is 1. The Morgan fingerprint density at radius 2 is 2.19 bits per heavy atom. The van der Waals surface area contributed by atoms with Crippen molar-refractivity contribution in [3.8, 4) is 0 Å². The van der Waals surface area contributed by atoms with Crippen molar-refractivity contribution in [2.45, 2.75) is 43.5 Å². The predicted octanol–water partition coefficient (Wildman–Crippen LogP) is 0.977. The van der Waals surface area contributed by atoms with Crippen LogP contribution in [0.3, 0.4) is 0 Å². The molecular formula is C14H21N3O3S. The third kappa shape index (κ3) is 4.03. The van der Waals surface area contributed by atoms with E-state index in [1.165, 1.54) is 6.07 Å². The average Bonchev–Trinajstić information content (AvgIpc) is 2.47. The van der Waals surface area contributed by atoms with Crippen molar-refractivity contribution in [3.63, 3.8) is 0 Å². The predicted molar refractivity (Wildman–Crippen MR) is 81.5 cm³/mol. The number of nitrogens with one attached hydrogen (secondary N) is 2. The fraction of sp³-hybridized carbons (Fsp3) is 0.500. The van der Waals surface area contributed by atoms with Crippen molar-refractivity contribution in [1.82, 2.24) is 5.32 Å². The molecule has 1 unspecified atom stereocenters. The van der Waals surface area contributed by atoms with Gasteiger partial charge in [0.15, 0.2) is 0 Å². The third-order valence-corrected chi connectivity index (χ3v) is 4.64. The van der Waals surface area contributed by atoms with Gasteiger partial charge in [0.05, 0.1) is 10.9 Å². The van der Waals surface area contributed by atoms with Gasteiger partial charge in [0, 0.05) is 5.69 Å². The summed E-state index contributed by atoms with van der Waals surface area (Å²) in [5.74, 6) is -0.140. The lowest BCUT2D eigenvalue weighted by atomic mass is 10.0. The van der Waals surface area contributed by atoms with Gasteiger partial charge in [-0.05, 0) is 43.5 Å². The summed E-state index contributed by atoms with van der Waals surface area (Å²) in [6, 6.07) is 4.59. The van der Waals surface area contributed by atoms with Crippen molar-refractivity contribution in [1.29, 1.82) is 0 Å². The number of amides is 1. The number of primary sulfonamides is 1. The third-order valence-electron chi connectivity index (χ3n) is 3.65. The van der Waals surface area contributed by atoms with Gasteiger partial charge in [-0.15, -0.1) is 0 Å². The van der Waals surface area contributed by atoms with Crippen LogP contribution in [0.5, 0.6) is 0 Å². The number of sulfonamides is 1. The van der Waals surface area contributed by atoms with Crippen LogP contribution in [0.1, 0.15) is 31.7 Å². The van der Waals surface area contributed by atoms with E-state index in [-0.39, 0.29) is 16.8 Å². The molecule has 7 heteroatoms. The lowest BCUT2D eigenvalue weighted by Crippen LogP contribution is -2.43. The van der Waals surface area contributed by atoms with Crippen molar-refractivity contribution >= 4 is 21.6 Å². The maximum Gasteiger partial charge on any atom is 0.241 e. The van der Waals surface area contributed by atoms with Gasteiger partial charge in [-0.2, -0.15) is 0 Å². The fourth-order valence-electron chi connectivity index (χ4n) is 2.49. The summed E-state index contributed by atoms with van der Waals surface area (Å²) in [5, 5.41) is 11.1. The molecule has 0 radical (unpaired) electrons. The number of carbonyl (C=O) groups is 1. The van der Waals surface area contributed by atoms with Crippen molar-refractivity contribution < 1.29 is 13.2 Å². The molecule has 0 spiro atoms. The molecule has 1 aliphatic heterocycles. The Bertz CT molecular complexity index is 622. The maximum atomic E-state index is 12.1. The van der Waals surface area contributed by atoms with Crippen LogP contribution in [-0.2, 0) is 21.2 Å². The molecule has 1 heterocycles. The number of carbonyl (C=O) groups excluding carboxylic acids is 1. The molecule has 116 valence electrons. The molecule has 2 rings (SSSR count). The van der Waals surface area contributed by atoms with Gasteiger partial charge in [0.1, 0.15) is 0 Å². The van der Waals surface area contributed by atoms with Crippen molar-refractivity contribution in [2.75, 3.05) is 11.9 Å². The summed E-state index contributed by atoms with van der Waals surface area (Å²) in [4.78, 5) is 12.2. The Labute approximate surface area is 125 Å². The van der Waals surface area contributed by atoms with Crippen LogP contribution < -0.4 is 15.8 Å². The van der Waals surface area contributed by atoms with E-state index in [2.05, 4.69) is 10.6 Å². The van der Waals surface area contributed by atoms with Crippen molar-refractivity contribution in [3.05, 3.63) is 23.8 Å². The normalized spacial score (nSPS) is 19.2. The number of piperidine rings is 1. The van der Waals surface area contributed by atoms with Crippen LogP contribution in [-0.4, -0.2) is 26.9 Å². The second-order valence-corrected chi connectivity index (χ2v) is 6.74. The summed E-state index contributed by atoms with van der Waals surface area (Å²) in [6.07, 6.45) is 3.44. The summed E-state index contributed by atoms with van der Waals surface area (Å²) < 4.78 is 23.2. The largest absolute Gasteiger partial charge is 0.325 e. The molecule has 0 aromatic heterocycles. The van der Waals surface area contributed by atoms with Crippen molar-refractivity contribution in [2.24, 2.45) is 5.14 Å². The van der Waals surface area contributed by atoms with E-state index in [1.807, 2.05) is 6.92 Å². The molecule has 1 aromatic carbocycles. The van der Waals surface area contributed by atoms with E-state index >= 15 is 0 Å². The molecule has 1 aromatic rings. The molecule has 0 bridgehead atoms. The summed E-state index contributed by atoms with van der Waals surface area (Å²) in [7, 11) is -3.80. The van der Waals surface area contributed by atoms with E-state index in [0.29, 0.717) is 17.7 Å². The Kier molecular flexibility index (Phi) is 4.97. The van der Waals surface area contributed by atoms with Gasteiger partial charge < -0.3 is 10.6 Å². The SMILES string of the molecule is CCc1ccc(NC(=O)C2CCCCN2)cc1S(N)(=O)=O. The first kappa shape index (κ1) is 15.9. The zero-order valence-corrected chi connectivity index (χ0v) is 12.9. The van der Waals surface area contributed by atoms with Gasteiger partial charge in [-0.1, -0.05) is 19.4 Å². The molecular weight excluding hydrogens is 290 g/mol. The molecule has 1 amide bonds. The molecule has 1 fully saturated rings. The van der Waals surface area contributed by atoms with E-state index in [9.17, 15) is 13.2 Å². The highest BCUT2D eigenvalue weighted by Crippen LogP contribution is 2.21. The molecule has 1 saturated heterocycles. The molecule has 4 N–H and O–H groups in total. The second-order valence-electron chi connectivity index (χ2n) is 5.21. The van der Waals surface area contributed by atoms with Crippen LogP contribution in [0.2, 0.25) is 0 Å². The van der Waals surface area contributed by atoms with Crippen LogP contribution in [0.25, 0.3) is 0 Å².